The Labute approximate surface area is 108 Å². The molecule has 0 atom stereocenters. The molecule has 0 fully saturated rings. The van der Waals surface area contributed by atoms with Gasteiger partial charge in [0, 0.05) is 11.4 Å². The lowest BCUT2D eigenvalue weighted by atomic mass is 10.1. The quantitative estimate of drug-likeness (QED) is 0.363. The van der Waals surface area contributed by atoms with Gasteiger partial charge in [-0.15, -0.1) is 0 Å². The number of halogens is 1. The molecule has 94 valence electrons. The Hall–Kier alpha value is -1.14. The molecule has 0 aliphatic rings. The summed E-state index contributed by atoms with van der Waals surface area (Å²) in [5.74, 6) is 0.561. The van der Waals surface area contributed by atoms with Crippen LogP contribution in [-0.4, -0.2) is 23.4 Å². The average molecular weight is 303 g/mol. The molecule has 0 bridgehead atoms. The minimum absolute atomic E-state index is 0.0413. The Morgan fingerprint density at radius 1 is 1.47 bits per heavy atom. The van der Waals surface area contributed by atoms with Crippen LogP contribution in [0.1, 0.15) is 12.0 Å². The fourth-order valence-electron chi connectivity index (χ4n) is 1.39. The Morgan fingerprint density at radius 2 is 2.24 bits per heavy atom. The molecule has 0 heterocycles. The summed E-state index contributed by atoms with van der Waals surface area (Å²) in [6, 6.07) is 4.63. The van der Waals surface area contributed by atoms with E-state index in [4.69, 9.17) is 10.5 Å². The van der Waals surface area contributed by atoms with Gasteiger partial charge in [-0.25, -0.2) is 0 Å². The first-order chi connectivity index (χ1) is 8.19. The molecule has 2 N–H and O–H groups in total. The fourth-order valence-corrected chi connectivity index (χ4v) is 1.62. The summed E-state index contributed by atoms with van der Waals surface area (Å²) < 4.78 is 5.53. The first-order valence-corrected chi connectivity index (χ1v) is 6.47. The average Bonchev–Trinajstić information content (AvgIpc) is 2.31. The highest BCUT2D eigenvalue weighted by molar-refractivity contribution is 9.09. The van der Waals surface area contributed by atoms with Crippen LogP contribution in [0.2, 0.25) is 0 Å². The van der Waals surface area contributed by atoms with Crippen LogP contribution in [0.25, 0.3) is 0 Å². The normalized spacial score (nSPS) is 10.2. The molecule has 1 rings (SSSR count). The predicted molar refractivity (Wildman–Crippen MR) is 69.8 cm³/mol. The molecule has 1 aromatic rings. The number of nitro groups is 1. The van der Waals surface area contributed by atoms with E-state index in [1.165, 1.54) is 12.1 Å². The summed E-state index contributed by atoms with van der Waals surface area (Å²) in [6.45, 7) is 1.02. The fraction of sp³-hybridized carbons (Fsp3) is 0.455. The summed E-state index contributed by atoms with van der Waals surface area (Å²) in [6.07, 6.45) is 1.51. The van der Waals surface area contributed by atoms with Crippen LogP contribution in [-0.2, 0) is 6.42 Å². The molecule has 0 spiro atoms. The van der Waals surface area contributed by atoms with E-state index in [1.807, 2.05) is 0 Å². The maximum Gasteiger partial charge on any atom is 0.273 e. The summed E-state index contributed by atoms with van der Waals surface area (Å²) in [5.41, 5.74) is 6.44. The molecule has 5 nitrogen and oxygen atoms in total. The van der Waals surface area contributed by atoms with E-state index < -0.39 is 4.92 Å². The third-order valence-corrected chi connectivity index (χ3v) is 2.77. The van der Waals surface area contributed by atoms with Crippen LogP contribution in [0.5, 0.6) is 5.75 Å². The molecule has 0 aromatic heterocycles. The molecular weight excluding hydrogens is 288 g/mol. The highest BCUT2D eigenvalue weighted by Gasteiger charge is 2.11. The van der Waals surface area contributed by atoms with Gasteiger partial charge in [-0.1, -0.05) is 15.9 Å². The Kier molecular flexibility index (Phi) is 5.93. The number of nitrogens with two attached hydrogens (primary N) is 1. The zero-order valence-corrected chi connectivity index (χ0v) is 11.0. The monoisotopic (exact) mass is 302 g/mol. The number of benzene rings is 1. The van der Waals surface area contributed by atoms with Gasteiger partial charge in [-0.3, -0.25) is 10.1 Å². The number of nitro benzene ring substituents is 1. The van der Waals surface area contributed by atoms with Gasteiger partial charge in [0.15, 0.2) is 0 Å². The van der Waals surface area contributed by atoms with Gasteiger partial charge in [-0.05, 0) is 31.0 Å². The van der Waals surface area contributed by atoms with Crippen molar-refractivity contribution >= 4 is 21.6 Å². The van der Waals surface area contributed by atoms with Crippen molar-refractivity contribution in [3.63, 3.8) is 0 Å². The number of non-ortho nitro benzene ring substituents is 1. The van der Waals surface area contributed by atoms with Gasteiger partial charge < -0.3 is 10.5 Å². The second kappa shape index (κ2) is 7.24. The third-order valence-electron chi connectivity index (χ3n) is 2.21. The van der Waals surface area contributed by atoms with E-state index in [9.17, 15) is 10.1 Å². The molecule has 0 radical (unpaired) electrons. The Balaban J connectivity index is 2.86. The second-order valence-electron chi connectivity index (χ2n) is 3.48. The van der Waals surface area contributed by atoms with Gasteiger partial charge in [-0.2, -0.15) is 0 Å². The standard InChI is InChI=1S/C11H15BrN2O3/c12-5-1-7-17-11-8-10(14(15)16)3-2-9(11)4-6-13/h2-3,8H,1,4-7,13H2. The van der Waals surface area contributed by atoms with Gasteiger partial charge in [0.05, 0.1) is 17.6 Å². The molecule has 0 amide bonds. The van der Waals surface area contributed by atoms with E-state index >= 15 is 0 Å². The van der Waals surface area contributed by atoms with Crippen molar-refractivity contribution in [1.82, 2.24) is 0 Å². The third kappa shape index (κ3) is 4.32. The largest absolute Gasteiger partial charge is 0.493 e. The van der Waals surface area contributed by atoms with Gasteiger partial charge in [0.2, 0.25) is 0 Å². The lowest BCUT2D eigenvalue weighted by Crippen LogP contribution is -2.06. The molecule has 1 aromatic carbocycles. The van der Waals surface area contributed by atoms with Gasteiger partial charge in [0.1, 0.15) is 5.75 Å². The highest BCUT2D eigenvalue weighted by Crippen LogP contribution is 2.25. The molecular formula is C11H15BrN2O3. The molecule has 0 saturated heterocycles. The van der Waals surface area contributed by atoms with Crippen molar-refractivity contribution in [2.24, 2.45) is 5.73 Å². The van der Waals surface area contributed by atoms with Crippen LogP contribution in [0.4, 0.5) is 5.69 Å². The smallest absolute Gasteiger partial charge is 0.273 e. The summed E-state index contributed by atoms with van der Waals surface area (Å²) >= 11 is 3.30. The first-order valence-electron chi connectivity index (χ1n) is 5.35. The second-order valence-corrected chi connectivity index (χ2v) is 4.27. The van der Waals surface area contributed by atoms with Crippen molar-refractivity contribution in [2.45, 2.75) is 12.8 Å². The van der Waals surface area contributed by atoms with Crippen molar-refractivity contribution < 1.29 is 9.66 Å². The molecule has 0 unspecified atom stereocenters. The molecule has 0 aliphatic carbocycles. The van der Waals surface area contributed by atoms with Crippen LogP contribution < -0.4 is 10.5 Å². The number of alkyl halides is 1. The highest BCUT2D eigenvalue weighted by atomic mass is 79.9. The predicted octanol–water partition coefficient (Wildman–Crippen LogP) is 2.26. The van der Waals surface area contributed by atoms with E-state index in [2.05, 4.69) is 15.9 Å². The topological polar surface area (TPSA) is 78.4 Å². The van der Waals surface area contributed by atoms with Crippen LogP contribution in [0.15, 0.2) is 18.2 Å². The van der Waals surface area contributed by atoms with E-state index in [0.717, 1.165) is 17.3 Å². The zero-order valence-electron chi connectivity index (χ0n) is 9.39. The maximum absolute atomic E-state index is 10.7. The Morgan fingerprint density at radius 3 is 2.82 bits per heavy atom. The molecule has 17 heavy (non-hydrogen) atoms. The number of hydrogen-bond donors (Lipinski definition) is 1. The first kappa shape index (κ1) is 13.9. The van der Waals surface area contributed by atoms with Gasteiger partial charge in [0.25, 0.3) is 5.69 Å². The summed E-state index contributed by atoms with van der Waals surface area (Å²) in [4.78, 5) is 10.2. The number of rotatable bonds is 7. The molecule has 0 saturated carbocycles. The van der Waals surface area contributed by atoms with Crippen molar-refractivity contribution in [2.75, 3.05) is 18.5 Å². The summed E-state index contributed by atoms with van der Waals surface area (Å²) in [7, 11) is 0. The zero-order chi connectivity index (χ0) is 12.7. The van der Waals surface area contributed by atoms with Crippen LogP contribution in [0.3, 0.4) is 0 Å². The minimum Gasteiger partial charge on any atom is -0.493 e. The van der Waals surface area contributed by atoms with Crippen molar-refractivity contribution in [1.29, 1.82) is 0 Å². The van der Waals surface area contributed by atoms with Crippen molar-refractivity contribution in [3.8, 4) is 5.75 Å². The van der Waals surface area contributed by atoms with Crippen LogP contribution in [0, 0.1) is 10.1 Å². The van der Waals surface area contributed by atoms with Crippen LogP contribution >= 0.6 is 15.9 Å². The minimum atomic E-state index is -0.427. The number of ether oxygens (including phenoxy) is 1. The molecule has 6 heteroatoms. The lowest BCUT2D eigenvalue weighted by Gasteiger charge is -2.10. The van der Waals surface area contributed by atoms with E-state index in [0.29, 0.717) is 25.3 Å². The lowest BCUT2D eigenvalue weighted by molar-refractivity contribution is -0.384. The SMILES string of the molecule is NCCc1ccc([N+](=O)[O-])cc1OCCCBr. The van der Waals surface area contributed by atoms with Crippen molar-refractivity contribution in [3.05, 3.63) is 33.9 Å². The van der Waals surface area contributed by atoms with E-state index in [-0.39, 0.29) is 5.69 Å². The maximum atomic E-state index is 10.7. The Bertz CT molecular complexity index is 385. The van der Waals surface area contributed by atoms with Gasteiger partial charge >= 0.3 is 0 Å². The molecule has 0 aliphatic heterocycles. The van der Waals surface area contributed by atoms with E-state index in [1.54, 1.807) is 6.07 Å². The summed E-state index contributed by atoms with van der Waals surface area (Å²) in [5, 5.41) is 11.5. The number of nitrogens with zero attached hydrogens (tertiary/aromatic N) is 1. The number of hydrogen-bond acceptors (Lipinski definition) is 4.